The van der Waals surface area contributed by atoms with Gasteiger partial charge in [0.15, 0.2) is 0 Å². The Balaban J connectivity index is 1.47. The van der Waals surface area contributed by atoms with E-state index in [1.807, 2.05) is 19.2 Å². The van der Waals surface area contributed by atoms with Crippen LogP contribution in [0.15, 0.2) is 72.9 Å². The lowest BCUT2D eigenvalue weighted by Crippen LogP contribution is -2.49. The first kappa shape index (κ1) is 19.5. The molecule has 1 aliphatic rings. The first-order valence-corrected chi connectivity index (χ1v) is 10.4. The van der Waals surface area contributed by atoms with Crippen molar-refractivity contribution < 1.29 is 9.18 Å². The molecule has 1 N–H and O–H groups in total. The van der Waals surface area contributed by atoms with E-state index in [9.17, 15) is 9.18 Å². The number of hydrogen-bond donors (Lipinski definition) is 1. The third kappa shape index (κ3) is 3.70. The van der Waals surface area contributed by atoms with Crippen LogP contribution < -0.4 is 0 Å². The van der Waals surface area contributed by atoms with E-state index in [2.05, 4.69) is 45.2 Å². The van der Waals surface area contributed by atoms with Crippen LogP contribution in [0.4, 0.5) is 4.39 Å². The Morgan fingerprint density at radius 1 is 1.03 bits per heavy atom. The summed E-state index contributed by atoms with van der Waals surface area (Å²) < 4.78 is 14.3. The van der Waals surface area contributed by atoms with Gasteiger partial charge in [-0.25, -0.2) is 9.37 Å². The number of piperazine rings is 1. The highest BCUT2D eigenvalue weighted by molar-refractivity contribution is 5.95. The largest absolute Gasteiger partial charge is 0.340 e. The van der Waals surface area contributed by atoms with Gasteiger partial charge in [-0.3, -0.25) is 4.79 Å². The quantitative estimate of drug-likeness (QED) is 0.537. The molecule has 1 atom stereocenters. The van der Waals surface area contributed by atoms with E-state index in [0.717, 1.165) is 23.2 Å². The molecule has 1 aromatic heterocycles. The Hall–Kier alpha value is -3.51. The number of aromatic amines is 1. The average Bonchev–Trinajstić information content (AvgIpc) is 3.29. The molecule has 4 aromatic rings. The Labute approximate surface area is 180 Å². The second kappa shape index (κ2) is 7.96. The highest BCUT2D eigenvalue weighted by Gasteiger charge is 2.33. The van der Waals surface area contributed by atoms with Crippen molar-refractivity contribution in [3.05, 3.63) is 90.1 Å². The van der Waals surface area contributed by atoms with E-state index in [4.69, 9.17) is 0 Å². The summed E-state index contributed by atoms with van der Waals surface area (Å²) in [4.78, 5) is 25.1. The van der Waals surface area contributed by atoms with Crippen LogP contribution in [0.2, 0.25) is 0 Å². The number of hydrogen-bond acceptors (Lipinski definition) is 3. The zero-order valence-corrected chi connectivity index (χ0v) is 17.3. The fraction of sp³-hybridized carbons (Fsp3) is 0.200. The molecule has 5 rings (SSSR count). The molecule has 5 nitrogen and oxygen atoms in total. The molecule has 3 aromatic carbocycles. The number of fused-ring (bicyclic) bond motifs is 1. The second-order valence-corrected chi connectivity index (χ2v) is 8.00. The fourth-order valence-corrected chi connectivity index (χ4v) is 4.20. The molecule has 156 valence electrons. The van der Waals surface area contributed by atoms with Gasteiger partial charge < -0.3 is 14.8 Å². The van der Waals surface area contributed by atoms with Gasteiger partial charge >= 0.3 is 0 Å². The number of aromatic nitrogens is 2. The summed E-state index contributed by atoms with van der Waals surface area (Å²) >= 11 is 0. The minimum absolute atomic E-state index is 0.0957. The third-order valence-electron chi connectivity index (χ3n) is 5.92. The van der Waals surface area contributed by atoms with E-state index < -0.39 is 5.82 Å². The van der Waals surface area contributed by atoms with Crippen molar-refractivity contribution in [1.82, 2.24) is 19.8 Å². The van der Waals surface area contributed by atoms with Gasteiger partial charge in [-0.05, 0) is 36.0 Å². The molecular weight excluding hydrogens is 391 g/mol. The van der Waals surface area contributed by atoms with E-state index in [-0.39, 0.29) is 17.5 Å². The highest BCUT2D eigenvalue weighted by atomic mass is 19.1. The molecule has 0 spiro atoms. The molecule has 1 unspecified atom stereocenters. The predicted molar refractivity (Wildman–Crippen MR) is 119 cm³/mol. The number of rotatable bonds is 3. The predicted octanol–water partition coefficient (Wildman–Crippen LogP) is 4.50. The van der Waals surface area contributed by atoms with Crippen molar-refractivity contribution in [3.63, 3.8) is 0 Å². The van der Waals surface area contributed by atoms with Gasteiger partial charge in [0.2, 0.25) is 0 Å². The van der Waals surface area contributed by atoms with Crippen LogP contribution in [0.1, 0.15) is 22.2 Å². The third-order valence-corrected chi connectivity index (χ3v) is 5.92. The number of H-pyrrole nitrogens is 1. The normalized spacial score (nSPS) is 17.2. The Morgan fingerprint density at radius 3 is 2.65 bits per heavy atom. The number of carbonyl (C=O) groups is 1. The molecule has 31 heavy (non-hydrogen) atoms. The van der Waals surface area contributed by atoms with Crippen molar-refractivity contribution >= 4 is 16.7 Å². The van der Waals surface area contributed by atoms with Gasteiger partial charge in [-0.2, -0.15) is 0 Å². The van der Waals surface area contributed by atoms with Gasteiger partial charge in [0.05, 0.1) is 17.5 Å². The summed E-state index contributed by atoms with van der Waals surface area (Å²) in [5.41, 5.74) is 2.03. The smallest absolute Gasteiger partial charge is 0.257 e. The lowest BCUT2D eigenvalue weighted by atomic mass is 10.1. The molecule has 1 aliphatic heterocycles. The van der Waals surface area contributed by atoms with Gasteiger partial charge in [-0.1, -0.05) is 48.5 Å². The van der Waals surface area contributed by atoms with Crippen molar-refractivity contribution in [3.8, 4) is 11.3 Å². The van der Waals surface area contributed by atoms with Crippen molar-refractivity contribution in [2.45, 2.75) is 6.04 Å². The number of nitrogens with zero attached hydrogens (tertiary/aromatic N) is 3. The summed E-state index contributed by atoms with van der Waals surface area (Å²) in [7, 11) is 2.02. The number of nitrogens with one attached hydrogen (secondary N) is 1. The summed E-state index contributed by atoms with van der Waals surface area (Å²) in [6.07, 6.45) is 1.81. The van der Waals surface area contributed by atoms with Crippen LogP contribution in [0.5, 0.6) is 0 Å². The van der Waals surface area contributed by atoms with Crippen LogP contribution in [0, 0.1) is 5.82 Å². The van der Waals surface area contributed by atoms with Crippen LogP contribution >= 0.6 is 0 Å². The maximum atomic E-state index is 14.3. The molecule has 0 saturated carbocycles. The topological polar surface area (TPSA) is 52.2 Å². The number of benzene rings is 3. The van der Waals surface area contributed by atoms with E-state index >= 15 is 0 Å². The minimum Gasteiger partial charge on any atom is -0.340 e. The number of imidazole rings is 1. The van der Waals surface area contributed by atoms with E-state index in [1.54, 1.807) is 23.2 Å². The molecule has 0 bridgehead atoms. The molecule has 0 radical (unpaired) electrons. The first-order valence-electron chi connectivity index (χ1n) is 10.4. The molecule has 2 heterocycles. The van der Waals surface area contributed by atoms with Gasteiger partial charge in [0.25, 0.3) is 5.91 Å². The average molecular weight is 414 g/mol. The molecular formula is C25H23FN4O. The van der Waals surface area contributed by atoms with Crippen molar-refractivity contribution in [1.29, 1.82) is 0 Å². The standard InChI is InChI=1S/C25H23FN4O/c1-29-12-13-30(25(31)20-8-4-5-9-21(20)26)23(16-29)24-27-15-22(28-24)19-11-10-17-6-2-3-7-18(17)14-19/h2-11,14-15,23H,12-13,16H2,1H3,(H,27,28). The van der Waals surface area contributed by atoms with Gasteiger partial charge in [0.1, 0.15) is 17.7 Å². The van der Waals surface area contributed by atoms with Crippen LogP contribution in [0.3, 0.4) is 0 Å². The summed E-state index contributed by atoms with van der Waals surface area (Å²) in [6, 6.07) is 20.4. The summed E-state index contributed by atoms with van der Waals surface area (Å²) in [5, 5.41) is 2.34. The molecule has 1 saturated heterocycles. The molecule has 1 amide bonds. The van der Waals surface area contributed by atoms with Crippen LogP contribution in [-0.2, 0) is 0 Å². The summed E-state index contributed by atoms with van der Waals surface area (Å²) in [5.74, 6) is -0.0965. The Kier molecular flexibility index (Phi) is 5.00. The maximum Gasteiger partial charge on any atom is 0.257 e. The molecule has 6 heteroatoms. The Bertz CT molecular complexity index is 1250. The Morgan fingerprint density at radius 2 is 1.81 bits per heavy atom. The van der Waals surface area contributed by atoms with Crippen LogP contribution in [-0.4, -0.2) is 52.4 Å². The summed E-state index contributed by atoms with van der Waals surface area (Å²) in [6.45, 7) is 1.88. The highest BCUT2D eigenvalue weighted by Crippen LogP contribution is 2.29. The molecule has 1 fully saturated rings. The fourth-order valence-electron chi connectivity index (χ4n) is 4.20. The van der Waals surface area contributed by atoms with Crippen molar-refractivity contribution in [2.24, 2.45) is 0 Å². The lowest BCUT2D eigenvalue weighted by molar-refractivity contribution is 0.0478. The number of halogens is 1. The number of amides is 1. The van der Waals surface area contributed by atoms with Crippen molar-refractivity contribution in [2.75, 3.05) is 26.7 Å². The lowest BCUT2D eigenvalue weighted by Gasteiger charge is -2.39. The van der Waals surface area contributed by atoms with E-state index in [0.29, 0.717) is 18.9 Å². The zero-order chi connectivity index (χ0) is 21.4. The minimum atomic E-state index is -0.499. The second-order valence-electron chi connectivity index (χ2n) is 8.00. The first-order chi connectivity index (χ1) is 15.1. The van der Waals surface area contributed by atoms with E-state index in [1.165, 1.54) is 17.5 Å². The SMILES string of the molecule is CN1CCN(C(=O)c2ccccc2F)C(c2ncc(-c3ccc4ccccc4c3)[nH]2)C1. The monoisotopic (exact) mass is 414 g/mol. The number of likely N-dealkylation sites (N-methyl/N-ethyl adjacent to an activating group) is 1. The van der Waals surface area contributed by atoms with Gasteiger partial charge in [-0.15, -0.1) is 0 Å². The molecule has 0 aliphatic carbocycles. The number of carbonyl (C=O) groups excluding carboxylic acids is 1. The zero-order valence-electron chi connectivity index (χ0n) is 17.3. The van der Waals surface area contributed by atoms with Crippen LogP contribution in [0.25, 0.3) is 22.0 Å². The van der Waals surface area contributed by atoms with Gasteiger partial charge in [0, 0.05) is 25.2 Å². The maximum absolute atomic E-state index is 14.3.